The van der Waals surface area contributed by atoms with Crippen molar-refractivity contribution in [2.24, 2.45) is 10.9 Å². The molecule has 39 heavy (non-hydrogen) atoms. The number of amides is 2. The molecule has 0 atom stereocenters. The number of aryl methyl sites for hydroxylation is 1. The lowest BCUT2D eigenvalue weighted by atomic mass is 9.98. The van der Waals surface area contributed by atoms with Gasteiger partial charge in [-0.05, 0) is 80.8 Å². The largest absolute Gasteiger partial charge is 0.464 e. The highest BCUT2D eigenvalue weighted by Gasteiger charge is 2.49. The Morgan fingerprint density at radius 3 is 2.51 bits per heavy atom. The number of likely N-dealkylation sites (tertiary alicyclic amines) is 1. The number of aliphatic imine (C=N–C) groups is 1. The van der Waals surface area contributed by atoms with Crippen molar-refractivity contribution in [3.8, 4) is 11.1 Å². The molecule has 7 rings (SSSR count). The van der Waals surface area contributed by atoms with Crippen LogP contribution in [-0.2, 0) is 9.59 Å². The second-order valence-corrected chi connectivity index (χ2v) is 11.5. The normalized spacial score (nSPS) is 20.1. The molecule has 0 bridgehead atoms. The Morgan fingerprint density at radius 1 is 1.10 bits per heavy atom. The second kappa shape index (κ2) is 10.1. The summed E-state index contributed by atoms with van der Waals surface area (Å²) in [6.45, 7) is 10.4. The number of carbonyl (C=O) groups excluding carboxylic acids is 2. The lowest BCUT2D eigenvalue weighted by Crippen LogP contribution is -2.41. The van der Waals surface area contributed by atoms with Crippen LogP contribution in [0.1, 0.15) is 63.0 Å². The maximum Gasteiger partial charge on any atom is 0.256 e. The quantitative estimate of drug-likeness (QED) is 0.366. The second-order valence-electron chi connectivity index (χ2n) is 11.5. The molecule has 3 fully saturated rings. The highest BCUT2D eigenvalue weighted by Crippen LogP contribution is 2.40. The average molecular weight is 524 g/mol. The lowest BCUT2D eigenvalue weighted by molar-refractivity contribution is -0.131. The summed E-state index contributed by atoms with van der Waals surface area (Å²) in [5.74, 6) is 1.78. The number of fused-ring (bicyclic) bond motifs is 1. The van der Waals surface area contributed by atoms with E-state index >= 15 is 0 Å². The molecule has 6 heteroatoms. The van der Waals surface area contributed by atoms with Gasteiger partial charge in [-0.15, -0.1) is 0 Å². The van der Waals surface area contributed by atoms with Gasteiger partial charge in [0, 0.05) is 36.5 Å². The van der Waals surface area contributed by atoms with Crippen LogP contribution in [0.5, 0.6) is 0 Å². The molecule has 0 unspecified atom stereocenters. The molecule has 2 saturated carbocycles. The molecule has 4 aliphatic rings. The number of benzene rings is 2. The van der Waals surface area contributed by atoms with Crippen LogP contribution in [0.25, 0.3) is 22.1 Å². The zero-order chi connectivity index (χ0) is 27.1. The van der Waals surface area contributed by atoms with Crippen molar-refractivity contribution in [3.05, 3.63) is 72.0 Å². The molecule has 2 aliphatic carbocycles. The van der Waals surface area contributed by atoms with Crippen molar-refractivity contribution in [2.45, 2.75) is 64.3 Å². The highest BCUT2D eigenvalue weighted by atomic mass is 16.3. The van der Waals surface area contributed by atoms with Crippen LogP contribution in [0, 0.1) is 12.8 Å². The fourth-order valence-corrected chi connectivity index (χ4v) is 6.18. The van der Waals surface area contributed by atoms with E-state index in [4.69, 9.17) is 9.41 Å². The van der Waals surface area contributed by atoms with Crippen molar-refractivity contribution in [1.82, 2.24) is 9.80 Å². The van der Waals surface area contributed by atoms with Gasteiger partial charge < -0.3 is 9.32 Å². The van der Waals surface area contributed by atoms with E-state index in [0.717, 1.165) is 97.1 Å². The zero-order valence-corrected chi connectivity index (χ0v) is 23.0. The number of likely N-dealkylation sites (N-methyl/N-ethyl adjacent to an activating group) is 1. The lowest BCUT2D eigenvalue weighted by Gasteiger charge is -2.21. The van der Waals surface area contributed by atoms with Gasteiger partial charge in [0.2, 0.25) is 5.91 Å². The van der Waals surface area contributed by atoms with Crippen molar-refractivity contribution in [2.75, 3.05) is 19.6 Å². The Labute approximate surface area is 230 Å². The van der Waals surface area contributed by atoms with Crippen molar-refractivity contribution in [3.63, 3.8) is 0 Å². The van der Waals surface area contributed by atoms with Gasteiger partial charge in [0.05, 0.1) is 6.26 Å². The summed E-state index contributed by atoms with van der Waals surface area (Å²) in [6.07, 6.45) is 8.91. The first-order valence-electron chi connectivity index (χ1n) is 14.3. The summed E-state index contributed by atoms with van der Waals surface area (Å²) in [6, 6.07) is 14.7. The van der Waals surface area contributed by atoms with Crippen LogP contribution in [0.15, 0.2) is 70.3 Å². The third-order valence-electron chi connectivity index (χ3n) is 8.61. The smallest absolute Gasteiger partial charge is 0.256 e. The van der Waals surface area contributed by atoms with Crippen molar-refractivity contribution in [1.29, 1.82) is 0 Å². The van der Waals surface area contributed by atoms with E-state index < -0.39 is 5.54 Å². The highest BCUT2D eigenvalue weighted by molar-refractivity contribution is 6.16. The molecule has 202 valence electrons. The van der Waals surface area contributed by atoms with Crippen LogP contribution in [-0.4, -0.2) is 52.6 Å². The SMILES string of the molecule is C=C1CCN(C(=O)C2CC2)C1.CCN1C(=O)C2(CCCC2)N=C1c1ccc(-c2ccc3occc3c2)cc1C. The number of nitrogens with zero attached hydrogens (tertiary/aromatic N) is 3. The molecular weight excluding hydrogens is 486 g/mol. The van der Waals surface area contributed by atoms with E-state index in [1.807, 2.05) is 28.9 Å². The number of furan rings is 1. The Morgan fingerprint density at radius 2 is 1.85 bits per heavy atom. The van der Waals surface area contributed by atoms with E-state index in [9.17, 15) is 9.59 Å². The fourth-order valence-electron chi connectivity index (χ4n) is 6.18. The molecule has 0 radical (unpaired) electrons. The van der Waals surface area contributed by atoms with E-state index in [1.54, 1.807) is 6.26 Å². The minimum absolute atomic E-state index is 0.191. The molecule has 1 aromatic heterocycles. The van der Waals surface area contributed by atoms with E-state index in [2.05, 4.69) is 43.8 Å². The number of carbonyl (C=O) groups is 2. The minimum atomic E-state index is -0.497. The minimum Gasteiger partial charge on any atom is -0.464 e. The summed E-state index contributed by atoms with van der Waals surface area (Å²) in [5.41, 5.74) is 6.13. The van der Waals surface area contributed by atoms with Crippen molar-refractivity contribution < 1.29 is 14.0 Å². The van der Waals surface area contributed by atoms with E-state index in [-0.39, 0.29) is 5.91 Å². The summed E-state index contributed by atoms with van der Waals surface area (Å²) in [4.78, 5) is 33.3. The maximum atomic E-state index is 13.0. The number of rotatable bonds is 4. The third-order valence-corrected chi connectivity index (χ3v) is 8.61. The van der Waals surface area contributed by atoms with Gasteiger partial charge in [0.1, 0.15) is 17.0 Å². The van der Waals surface area contributed by atoms with Gasteiger partial charge in [-0.2, -0.15) is 0 Å². The standard InChI is InChI=1S/C24H24N2O2.C9H13NO/c1-3-26-22(25-24(23(26)27)11-4-5-12-24)20-8-6-17(14-16(20)2)18-7-9-21-19(15-18)10-13-28-21;1-7-4-5-10(6-7)9(11)8-2-3-8/h6-10,13-15H,3-5,11-12H2,1-2H3;8H,1-6H2. The van der Waals surface area contributed by atoms with Gasteiger partial charge >= 0.3 is 0 Å². The van der Waals surface area contributed by atoms with Gasteiger partial charge in [0.15, 0.2) is 0 Å². The first-order chi connectivity index (χ1) is 18.9. The maximum absolute atomic E-state index is 13.0. The number of amidine groups is 1. The summed E-state index contributed by atoms with van der Waals surface area (Å²) in [7, 11) is 0. The van der Waals surface area contributed by atoms with E-state index in [0.29, 0.717) is 18.4 Å². The molecule has 2 aromatic carbocycles. The third kappa shape index (κ3) is 4.81. The summed E-state index contributed by atoms with van der Waals surface area (Å²) >= 11 is 0. The Bertz CT molecular complexity index is 1470. The van der Waals surface area contributed by atoms with Gasteiger partial charge in [-0.3, -0.25) is 19.5 Å². The van der Waals surface area contributed by atoms with Gasteiger partial charge in [0.25, 0.3) is 5.91 Å². The monoisotopic (exact) mass is 523 g/mol. The number of hydrogen-bond donors (Lipinski definition) is 0. The summed E-state index contributed by atoms with van der Waals surface area (Å²) in [5, 5.41) is 1.10. The molecule has 2 amide bonds. The molecule has 1 spiro atoms. The molecule has 6 nitrogen and oxygen atoms in total. The van der Waals surface area contributed by atoms with Crippen LogP contribution >= 0.6 is 0 Å². The van der Waals surface area contributed by atoms with Crippen molar-refractivity contribution >= 4 is 28.6 Å². The van der Waals surface area contributed by atoms with Crippen LogP contribution in [0.2, 0.25) is 0 Å². The average Bonchev–Trinajstić information content (AvgIpc) is 3.25. The van der Waals surface area contributed by atoms with Crippen LogP contribution in [0.3, 0.4) is 0 Å². The fraction of sp³-hybridized carbons (Fsp3) is 0.424. The first-order valence-corrected chi connectivity index (χ1v) is 14.3. The molecule has 1 saturated heterocycles. The Kier molecular flexibility index (Phi) is 6.66. The molecule has 0 N–H and O–H groups in total. The predicted molar refractivity (Wildman–Crippen MR) is 155 cm³/mol. The Balaban J connectivity index is 0.000000210. The summed E-state index contributed by atoms with van der Waals surface area (Å²) < 4.78 is 5.45. The number of hydrogen-bond acceptors (Lipinski definition) is 4. The van der Waals surface area contributed by atoms with Crippen LogP contribution in [0.4, 0.5) is 0 Å². The van der Waals surface area contributed by atoms with E-state index in [1.165, 1.54) is 5.57 Å². The molecule has 3 aromatic rings. The predicted octanol–water partition coefficient (Wildman–Crippen LogP) is 6.51. The Hall–Kier alpha value is -3.67. The molecule has 2 aliphatic heterocycles. The molecule has 3 heterocycles. The van der Waals surface area contributed by atoms with Crippen LogP contribution < -0.4 is 0 Å². The first kappa shape index (κ1) is 25.6. The van der Waals surface area contributed by atoms with Gasteiger partial charge in [-0.1, -0.05) is 49.3 Å². The molecular formula is C33H37N3O3. The van der Waals surface area contributed by atoms with Gasteiger partial charge in [-0.25, -0.2) is 0 Å². The zero-order valence-electron chi connectivity index (χ0n) is 23.0. The topological polar surface area (TPSA) is 66.1 Å².